The molecule has 3 N–H and O–H groups in total. The van der Waals surface area contributed by atoms with Crippen LogP contribution in [0, 0.1) is 0 Å². The van der Waals surface area contributed by atoms with Gasteiger partial charge in [0.25, 0.3) is 7.82 Å². The van der Waals surface area contributed by atoms with Gasteiger partial charge in [0.15, 0.2) is 6.23 Å². The molecule has 2 aliphatic rings. The molecule has 3 rings (SSSR count). The number of phosphoric ester groups is 1. The summed E-state index contributed by atoms with van der Waals surface area (Å²) in [6, 6.07) is 1.36. The summed E-state index contributed by atoms with van der Waals surface area (Å²) in [6.45, 7) is -0.474. The molecule has 2 aliphatic heterocycles. The molecule has 0 amide bonds. The van der Waals surface area contributed by atoms with Crippen molar-refractivity contribution in [2.75, 3.05) is 12.3 Å². The van der Waals surface area contributed by atoms with Crippen LogP contribution in [0.1, 0.15) is 6.23 Å². The molecule has 0 radical (unpaired) electrons. The predicted octanol–water partition coefficient (Wildman–Crippen LogP) is -2.03. The van der Waals surface area contributed by atoms with Crippen molar-refractivity contribution < 1.29 is 28.3 Å². The molecule has 0 saturated carbocycles. The largest absolute Gasteiger partial charge is 0.756 e. The molecule has 5 atom stereocenters. The van der Waals surface area contributed by atoms with Crippen LogP contribution in [0.4, 0.5) is 5.82 Å². The van der Waals surface area contributed by atoms with E-state index in [9.17, 15) is 19.4 Å². The minimum absolute atomic E-state index is 0.0255. The number of nitrogen functional groups attached to an aromatic ring is 1. The molecule has 3 heterocycles. The van der Waals surface area contributed by atoms with Gasteiger partial charge in [0.1, 0.15) is 24.1 Å². The van der Waals surface area contributed by atoms with Crippen molar-refractivity contribution in [2.45, 2.75) is 24.5 Å². The molecular formula is C9H11N3O7P-. The number of anilines is 1. The van der Waals surface area contributed by atoms with Crippen LogP contribution in [0.15, 0.2) is 17.1 Å². The first-order valence-electron chi connectivity index (χ1n) is 5.70. The number of rotatable bonds is 2. The van der Waals surface area contributed by atoms with E-state index in [0.29, 0.717) is 0 Å². The number of nitrogens with two attached hydrogens (primary N) is 1. The maximum absolute atomic E-state index is 11.8. The second-order valence-corrected chi connectivity index (χ2v) is 5.69. The van der Waals surface area contributed by atoms with Crippen molar-refractivity contribution in [1.82, 2.24) is 9.55 Å². The van der Waals surface area contributed by atoms with Gasteiger partial charge in [-0.1, -0.05) is 0 Å². The summed E-state index contributed by atoms with van der Waals surface area (Å²) in [5.41, 5.74) is 4.65. The monoisotopic (exact) mass is 304 g/mol. The Morgan fingerprint density at radius 2 is 2.20 bits per heavy atom. The average Bonchev–Trinajstić information content (AvgIpc) is 2.83. The molecule has 2 saturated heterocycles. The first kappa shape index (κ1) is 13.7. The van der Waals surface area contributed by atoms with E-state index >= 15 is 0 Å². The molecule has 1 aromatic rings. The van der Waals surface area contributed by atoms with Gasteiger partial charge in [0, 0.05) is 6.20 Å². The normalized spacial score (nSPS) is 39.9. The minimum Gasteiger partial charge on any atom is -0.756 e. The zero-order chi connectivity index (χ0) is 14.5. The van der Waals surface area contributed by atoms with Crippen LogP contribution in [-0.2, 0) is 18.3 Å². The fourth-order valence-corrected chi connectivity index (χ4v) is 3.39. The number of ether oxygens (including phenoxy) is 1. The van der Waals surface area contributed by atoms with Gasteiger partial charge in [-0.2, -0.15) is 4.98 Å². The Morgan fingerprint density at radius 1 is 1.50 bits per heavy atom. The number of aliphatic hydroxyl groups excluding tert-OH is 1. The number of hydrogen-bond donors (Lipinski definition) is 2. The average molecular weight is 304 g/mol. The molecule has 2 fully saturated rings. The van der Waals surface area contributed by atoms with E-state index < -0.39 is 44.7 Å². The Hall–Kier alpha value is -1.29. The fraction of sp³-hybridized carbons (Fsp3) is 0.556. The maximum atomic E-state index is 11.8. The second kappa shape index (κ2) is 4.62. The van der Waals surface area contributed by atoms with Gasteiger partial charge in [0.2, 0.25) is 0 Å². The van der Waals surface area contributed by atoms with Crippen LogP contribution in [0.3, 0.4) is 0 Å². The summed E-state index contributed by atoms with van der Waals surface area (Å²) in [6.07, 6.45) is -2.73. The van der Waals surface area contributed by atoms with Crippen molar-refractivity contribution >= 4 is 13.6 Å². The lowest BCUT2D eigenvalue weighted by Crippen LogP contribution is -2.34. The molecule has 0 aromatic carbocycles. The van der Waals surface area contributed by atoms with Crippen LogP contribution in [0.2, 0.25) is 0 Å². The van der Waals surface area contributed by atoms with Gasteiger partial charge in [-0.15, -0.1) is 0 Å². The Kier molecular flexibility index (Phi) is 3.16. The fourth-order valence-electron chi connectivity index (χ4n) is 2.26. The van der Waals surface area contributed by atoms with Gasteiger partial charge >= 0.3 is 5.69 Å². The van der Waals surface area contributed by atoms with E-state index in [1.807, 2.05) is 0 Å². The smallest absolute Gasteiger partial charge is 0.351 e. The number of fused-ring (bicyclic) bond motifs is 1. The summed E-state index contributed by atoms with van der Waals surface area (Å²) in [5.74, 6) is 0.0255. The molecule has 110 valence electrons. The van der Waals surface area contributed by atoms with Crippen LogP contribution < -0.4 is 16.3 Å². The van der Waals surface area contributed by atoms with Gasteiger partial charge < -0.3 is 29.5 Å². The van der Waals surface area contributed by atoms with Crippen molar-refractivity contribution in [2.24, 2.45) is 0 Å². The molecule has 1 unspecified atom stereocenters. The predicted molar refractivity (Wildman–Crippen MR) is 61.3 cm³/mol. The molecule has 10 nitrogen and oxygen atoms in total. The Labute approximate surface area is 112 Å². The molecule has 1 aromatic heterocycles. The maximum Gasteiger partial charge on any atom is 0.351 e. The van der Waals surface area contributed by atoms with Crippen molar-refractivity contribution in [3.63, 3.8) is 0 Å². The summed E-state index contributed by atoms with van der Waals surface area (Å²) < 4.78 is 27.3. The van der Waals surface area contributed by atoms with E-state index in [1.54, 1.807) is 0 Å². The highest BCUT2D eigenvalue weighted by Crippen LogP contribution is 2.55. The zero-order valence-electron chi connectivity index (χ0n) is 9.99. The van der Waals surface area contributed by atoms with E-state index in [4.69, 9.17) is 19.5 Å². The third-order valence-electron chi connectivity index (χ3n) is 3.09. The SMILES string of the molecule is Nc1ccn([C@H]2O[C@@H](CO)[C@H]3OP(=O)([O-])O[C@@H]32)c(=O)n1. The van der Waals surface area contributed by atoms with Gasteiger partial charge in [0.05, 0.1) is 6.61 Å². The van der Waals surface area contributed by atoms with Crippen LogP contribution in [-0.4, -0.2) is 39.6 Å². The molecule has 0 bridgehead atoms. The number of phosphoric acid groups is 1. The quantitative estimate of drug-likeness (QED) is 0.589. The highest BCUT2D eigenvalue weighted by atomic mass is 31.2. The zero-order valence-corrected chi connectivity index (χ0v) is 10.9. The Morgan fingerprint density at radius 3 is 2.85 bits per heavy atom. The number of aromatic nitrogens is 2. The lowest BCUT2D eigenvalue weighted by molar-refractivity contribution is -0.222. The third kappa shape index (κ3) is 2.16. The topological polar surface area (TPSA) is 149 Å². The van der Waals surface area contributed by atoms with Crippen molar-refractivity contribution in [3.8, 4) is 0 Å². The Bertz CT molecular complexity index is 634. The molecule has 0 aliphatic carbocycles. The first-order chi connectivity index (χ1) is 9.41. The summed E-state index contributed by atoms with van der Waals surface area (Å²) in [5, 5.41) is 9.19. The van der Waals surface area contributed by atoms with Gasteiger partial charge in [-0.25, -0.2) is 4.79 Å². The number of hydrogen-bond acceptors (Lipinski definition) is 9. The molecule has 11 heteroatoms. The lowest BCUT2D eigenvalue weighted by Gasteiger charge is -2.22. The van der Waals surface area contributed by atoms with Crippen molar-refractivity contribution in [3.05, 3.63) is 22.7 Å². The van der Waals surface area contributed by atoms with E-state index in [-0.39, 0.29) is 5.82 Å². The van der Waals surface area contributed by atoms with E-state index in [0.717, 1.165) is 4.57 Å². The highest BCUT2D eigenvalue weighted by Gasteiger charge is 2.54. The minimum atomic E-state index is -4.46. The number of nitrogens with zero attached hydrogens (tertiary/aromatic N) is 2. The van der Waals surface area contributed by atoms with E-state index in [2.05, 4.69) is 4.98 Å². The number of aliphatic hydroxyl groups is 1. The molecule has 20 heavy (non-hydrogen) atoms. The first-order valence-corrected chi connectivity index (χ1v) is 7.16. The Balaban J connectivity index is 1.98. The standard InChI is InChI=1S/C9H12N3O7P/c10-5-1-2-12(9(14)11-5)8-7-6(4(3-13)17-8)18-20(15,16)19-7/h1-2,4,6-8,13H,3H2,(H,15,16)(H2,10,11,14)/p-1/t4-,6+,7-,8-/m0/s1. The van der Waals surface area contributed by atoms with Crippen LogP contribution in [0.25, 0.3) is 0 Å². The van der Waals surface area contributed by atoms with Crippen molar-refractivity contribution in [1.29, 1.82) is 0 Å². The van der Waals surface area contributed by atoms with Crippen LogP contribution >= 0.6 is 7.82 Å². The second-order valence-electron chi connectivity index (χ2n) is 4.38. The van der Waals surface area contributed by atoms with Gasteiger partial charge in [-0.3, -0.25) is 9.13 Å². The molecule has 0 spiro atoms. The highest BCUT2D eigenvalue weighted by molar-refractivity contribution is 7.46. The molecular weight excluding hydrogens is 293 g/mol. The van der Waals surface area contributed by atoms with Crippen LogP contribution in [0.5, 0.6) is 0 Å². The van der Waals surface area contributed by atoms with E-state index in [1.165, 1.54) is 12.3 Å². The summed E-state index contributed by atoms with van der Waals surface area (Å²) >= 11 is 0. The lowest BCUT2D eigenvalue weighted by atomic mass is 10.1. The van der Waals surface area contributed by atoms with Gasteiger partial charge in [-0.05, 0) is 6.07 Å². The summed E-state index contributed by atoms with van der Waals surface area (Å²) in [7, 11) is -4.46. The third-order valence-corrected chi connectivity index (χ3v) is 4.10. The summed E-state index contributed by atoms with van der Waals surface area (Å²) in [4.78, 5) is 26.6.